The Kier molecular flexibility index (Phi) is 1.91. The molecule has 0 aromatic carbocycles. The van der Waals surface area contributed by atoms with Gasteiger partial charge >= 0.3 is 0 Å². The lowest BCUT2D eigenvalue weighted by atomic mass is 9.73. The van der Waals surface area contributed by atoms with Gasteiger partial charge in [-0.3, -0.25) is 9.59 Å². The average molecular weight is 176 g/mol. The molecule has 0 bridgehead atoms. The highest BCUT2D eigenvalue weighted by molar-refractivity contribution is 6.07. The van der Waals surface area contributed by atoms with Crippen molar-refractivity contribution in [1.82, 2.24) is 0 Å². The van der Waals surface area contributed by atoms with E-state index in [0.717, 1.165) is 12.8 Å². The van der Waals surface area contributed by atoms with Crippen LogP contribution in [0.4, 0.5) is 0 Å². The van der Waals surface area contributed by atoms with Crippen LogP contribution in [0.25, 0.3) is 0 Å². The maximum absolute atomic E-state index is 11.5. The number of fused-ring (bicyclic) bond motifs is 1. The molecule has 68 valence electrons. The first-order chi connectivity index (χ1) is 6.18. The van der Waals surface area contributed by atoms with E-state index in [9.17, 15) is 9.59 Å². The Bertz CT molecular complexity index is 323. The lowest BCUT2D eigenvalue weighted by Crippen LogP contribution is -2.33. The van der Waals surface area contributed by atoms with Crippen LogP contribution in [0.2, 0.25) is 0 Å². The molecule has 0 N–H and O–H groups in total. The van der Waals surface area contributed by atoms with E-state index >= 15 is 0 Å². The van der Waals surface area contributed by atoms with Gasteiger partial charge in [-0.2, -0.15) is 0 Å². The van der Waals surface area contributed by atoms with E-state index in [1.54, 1.807) is 0 Å². The highest BCUT2D eigenvalue weighted by Crippen LogP contribution is 2.33. The standard InChI is InChI=1S/C11H12O2/c1-7-2-3-8-9(6-7)11(13)5-4-10(8)12/h2,4-5,8-9H,3,6H2,1H3. The van der Waals surface area contributed by atoms with Crippen LogP contribution in [0.3, 0.4) is 0 Å². The zero-order valence-electron chi connectivity index (χ0n) is 7.62. The van der Waals surface area contributed by atoms with Crippen LogP contribution in [-0.2, 0) is 9.59 Å². The van der Waals surface area contributed by atoms with Gasteiger partial charge in [-0.15, -0.1) is 0 Å². The predicted molar refractivity (Wildman–Crippen MR) is 49.1 cm³/mol. The van der Waals surface area contributed by atoms with Gasteiger partial charge in [0.05, 0.1) is 0 Å². The Hall–Kier alpha value is -1.18. The zero-order valence-corrected chi connectivity index (χ0v) is 7.62. The smallest absolute Gasteiger partial charge is 0.159 e. The van der Waals surface area contributed by atoms with Gasteiger partial charge < -0.3 is 0 Å². The van der Waals surface area contributed by atoms with E-state index in [1.807, 2.05) is 6.92 Å². The number of ketones is 2. The highest BCUT2D eigenvalue weighted by Gasteiger charge is 2.35. The van der Waals surface area contributed by atoms with E-state index in [-0.39, 0.29) is 23.4 Å². The summed E-state index contributed by atoms with van der Waals surface area (Å²) in [4.78, 5) is 22.9. The summed E-state index contributed by atoms with van der Waals surface area (Å²) in [7, 11) is 0. The maximum atomic E-state index is 11.5. The second-order valence-electron chi connectivity index (χ2n) is 3.84. The number of carbonyl (C=O) groups excluding carboxylic acids is 2. The molecule has 0 aromatic heterocycles. The third kappa shape index (κ3) is 1.37. The SMILES string of the molecule is CC1=CCC2C(=O)C=CC(=O)C2C1. The van der Waals surface area contributed by atoms with Crippen molar-refractivity contribution < 1.29 is 9.59 Å². The van der Waals surface area contributed by atoms with E-state index in [2.05, 4.69) is 6.08 Å². The monoisotopic (exact) mass is 176 g/mol. The van der Waals surface area contributed by atoms with Crippen molar-refractivity contribution in [2.24, 2.45) is 11.8 Å². The molecular weight excluding hydrogens is 164 g/mol. The lowest BCUT2D eigenvalue weighted by Gasteiger charge is -2.29. The molecular formula is C11H12O2. The van der Waals surface area contributed by atoms with Crippen molar-refractivity contribution >= 4 is 11.6 Å². The molecule has 0 spiro atoms. The fourth-order valence-electron chi connectivity index (χ4n) is 2.09. The fourth-order valence-corrected chi connectivity index (χ4v) is 2.09. The zero-order chi connectivity index (χ0) is 9.42. The van der Waals surface area contributed by atoms with Crippen molar-refractivity contribution in [2.45, 2.75) is 19.8 Å². The number of carbonyl (C=O) groups is 2. The fraction of sp³-hybridized carbons (Fsp3) is 0.455. The Morgan fingerprint density at radius 2 is 1.77 bits per heavy atom. The van der Waals surface area contributed by atoms with Crippen molar-refractivity contribution in [3.63, 3.8) is 0 Å². The molecule has 2 rings (SSSR count). The summed E-state index contributed by atoms with van der Waals surface area (Å²) in [5.74, 6) is 0.106. The third-order valence-corrected chi connectivity index (χ3v) is 2.89. The second-order valence-corrected chi connectivity index (χ2v) is 3.84. The summed E-state index contributed by atoms with van der Waals surface area (Å²) in [6.07, 6.45) is 6.44. The Morgan fingerprint density at radius 1 is 1.15 bits per heavy atom. The Labute approximate surface area is 77.3 Å². The molecule has 13 heavy (non-hydrogen) atoms. The summed E-state index contributed by atoms with van der Waals surface area (Å²) in [6, 6.07) is 0. The third-order valence-electron chi connectivity index (χ3n) is 2.89. The molecule has 0 fully saturated rings. The molecule has 2 heteroatoms. The van der Waals surface area contributed by atoms with Crippen LogP contribution in [0.5, 0.6) is 0 Å². The van der Waals surface area contributed by atoms with Gasteiger partial charge in [0, 0.05) is 11.8 Å². The van der Waals surface area contributed by atoms with Crippen LogP contribution >= 0.6 is 0 Å². The van der Waals surface area contributed by atoms with Gasteiger partial charge in [0.25, 0.3) is 0 Å². The molecule has 0 saturated carbocycles. The molecule has 2 unspecified atom stereocenters. The highest BCUT2D eigenvalue weighted by atomic mass is 16.1. The Balaban J connectivity index is 2.32. The second kappa shape index (κ2) is 2.95. The molecule has 2 nitrogen and oxygen atoms in total. The van der Waals surface area contributed by atoms with E-state index in [4.69, 9.17) is 0 Å². The van der Waals surface area contributed by atoms with Gasteiger partial charge in [0.1, 0.15) is 0 Å². The largest absolute Gasteiger partial charge is 0.295 e. The van der Waals surface area contributed by atoms with Crippen LogP contribution in [0.15, 0.2) is 23.8 Å². The minimum atomic E-state index is -0.0683. The van der Waals surface area contributed by atoms with E-state index in [0.29, 0.717) is 0 Å². The molecule has 0 heterocycles. The van der Waals surface area contributed by atoms with Crippen LogP contribution in [0.1, 0.15) is 19.8 Å². The topological polar surface area (TPSA) is 34.1 Å². The van der Waals surface area contributed by atoms with E-state index < -0.39 is 0 Å². The van der Waals surface area contributed by atoms with Gasteiger partial charge in [0.15, 0.2) is 11.6 Å². The number of hydrogen-bond acceptors (Lipinski definition) is 2. The van der Waals surface area contributed by atoms with Gasteiger partial charge in [0.2, 0.25) is 0 Å². The maximum Gasteiger partial charge on any atom is 0.159 e. The summed E-state index contributed by atoms with van der Waals surface area (Å²) in [5.41, 5.74) is 1.23. The summed E-state index contributed by atoms with van der Waals surface area (Å²) in [6.45, 7) is 2.02. The summed E-state index contributed by atoms with van der Waals surface area (Å²) < 4.78 is 0. The molecule has 2 aliphatic rings. The summed E-state index contributed by atoms with van der Waals surface area (Å²) >= 11 is 0. The quantitative estimate of drug-likeness (QED) is 0.526. The molecule has 2 atom stereocenters. The van der Waals surface area contributed by atoms with E-state index in [1.165, 1.54) is 17.7 Å². The lowest BCUT2D eigenvalue weighted by molar-refractivity contribution is -0.129. The van der Waals surface area contributed by atoms with Crippen molar-refractivity contribution in [2.75, 3.05) is 0 Å². The van der Waals surface area contributed by atoms with Crippen molar-refractivity contribution in [1.29, 1.82) is 0 Å². The predicted octanol–water partition coefficient (Wildman–Crippen LogP) is 1.67. The first-order valence-corrected chi connectivity index (χ1v) is 4.60. The van der Waals surface area contributed by atoms with Gasteiger partial charge in [-0.1, -0.05) is 11.6 Å². The number of allylic oxidation sites excluding steroid dienone is 4. The van der Waals surface area contributed by atoms with Gasteiger partial charge in [-0.25, -0.2) is 0 Å². The summed E-state index contributed by atoms with van der Waals surface area (Å²) in [5, 5.41) is 0. The van der Waals surface area contributed by atoms with Crippen LogP contribution in [0, 0.1) is 11.8 Å². The van der Waals surface area contributed by atoms with Crippen molar-refractivity contribution in [3.8, 4) is 0 Å². The first-order valence-electron chi connectivity index (χ1n) is 4.60. The normalized spacial score (nSPS) is 32.8. The first kappa shape index (κ1) is 8.42. The van der Waals surface area contributed by atoms with Crippen LogP contribution < -0.4 is 0 Å². The molecule has 2 aliphatic carbocycles. The van der Waals surface area contributed by atoms with Crippen molar-refractivity contribution in [3.05, 3.63) is 23.8 Å². The molecule has 0 amide bonds. The number of hydrogen-bond donors (Lipinski definition) is 0. The molecule has 0 aromatic rings. The van der Waals surface area contributed by atoms with Crippen LogP contribution in [-0.4, -0.2) is 11.6 Å². The average Bonchev–Trinajstić information content (AvgIpc) is 2.12. The molecule has 0 radical (unpaired) electrons. The Morgan fingerprint density at radius 3 is 2.46 bits per heavy atom. The minimum absolute atomic E-state index is 0.0671. The molecule has 0 saturated heterocycles. The minimum Gasteiger partial charge on any atom is -0.295 e. The molecule has 0 aliphatic heterocycles. The van der Waals surface area contributed by atoms with Gasteiger partial charge in [-0.05, 0) is 31.9 Å². The number of rotatable bonds is 0.